The summed E-state index contributed by atoms with van der Waals surface area (Å²) in [5.41, 5.74) is 5.80. The summed E-state index contributed by atoms with van der Waals surface area (Å²) < 4.78 is 10.6. The summed E-state index contributed by atoms with van der Waals surface area (Å²) in [7, 11) is -4.84. The number of hydrogen-bond donors (Lipinski definition) is 1. The van der Waals surface area contributed by atoms with Crippen molar-refractivity contribution in [3.63, 3.8) is 0 Å². The zero-order chi connectivity index (χ0) is 10.8. The Morgan fingerprint density at radius 3 is 2.38 bits per heavy atom. The fraction of sp³-hybridized carbons (Fsp3) is 0.125. The maximum atomic E-state index is 10.6. The number of pyridine rings is 1. The van der Waals surface area contributed by atoms with Crippen LogP contribution in [-0.2, 0) is 4.57 Å². The molecule has 1 rings (SSSR count). The van der Waals surface area contributed by atoms with Crippen molar-refractivity contribution in [3.05, 3.63) is 42.0 Å². The smallest absolute Gasteiger partial charge is 0.808 e. The molecule has 0 aliphatic carbocycles. The zero-order valence-corrected chi connectivity index (χ0v) is 14.2. The van der Waals surface area contributed by atoms with Crippen LogP contribution >= 0.6 is 7.60 Å². The second-order valence-electron chi connectivity index (χ2n) is 2.72. The Balaban J connectivity index is 0. The van der Waals surface area contributed by atoms with E-state index in [1.165, 1.54) is 12.3 Å². The van der Waals surface area contributed by atoms with Crippen molar-refractivity contribution < 1.29 is 73.5 Å². The second kappa shape index (κ2) is 8.16. The van der Waals surface area contributed by atoms with Crippen molar-refractivity contribution in [1.29, 1.82) is 0 Å². The molecule has 0 aliphatic heterocycles. The maximum absolute atomic E-state index is 10.6. The summed E-state index contributed by atoms with van der Waals surface area (Å²) in [5.74, 6) is 0. The Labute approximate surface area is 138 Å². The summed E-state index contributed by atoms with van der Waals surface area (Å²) in [5, 5.41) is -0.545. The molecule has 2 N–H and O–H groups in total. The third-order valence-corrected chi connectivity index (χ3v) is 2.70. The fourth-order valence-corrected chi connectivity index (χ4v) is 1.37. The summed E-state index contributed by atoms with van der Waals surface area (Å²) in [4.78, 5) is 25.1. The molecular formula is C8H9N2Na2O3P. The summed E-state index contributed by atoms with van der Waals surface area (Å²) in [6.45, 7) is 3.15. The van der Waals surface area contributed by atoms with Gasteiger partial charge < -0.3 is 20.1 Å². The molecule has 0 aromatic carbocycles. The van der Waals surface area contributed by atoms with Gasteiger partial charge >= 0.3 is 59.1 Å². The number of nitrogens with zero attached hydrogens (tertiary/aromatic N) is 1. The topological polar surface area (TPSA) is 102 Å². The van der Waals surface area contributed by atoms with Crippen LogP contribution in [-0.4, -0.2) is 4.98 Å². The molecule has 0 fully saturated rings. The normalized spacial score (nSPS) is 11.9. The molecule has 5 nitrogen and oxygen atoms in total. The molecule has 0 spiro atoms. The van der Waals surface area contributed by atoms with Gasteiger partial charge in [-0.1, -0.05) is 12.6 Å². The predicted molar refractivity (Wildman–Crippen MR) is 47.9 cm³/mol. The minimum Gasteiger partial charge on any atom is -0.808 e. The molecule has 0 aliphatic rings. The number of hydrogen-bond acceptors (Lipinski definition) is 5. The van der Waals surface area contributed by atoms with Crippen LogP contribution in [0.25, 0.3) is 0 Å². The largest absolute Gasteiger partial charge is 1.00 e. The number of aromatic nitrogens is 1. The maximum Gasteiger partial charge on any atom is 1.00 e. The molecule has 1 heterocycles. The van der Waals surface area contributed by atoms with Crippen molar-refractivity contribution in [2.24, 2.45) is 5.73 Å². The first-order chi connectivity index (χ1) is 6.43. The molecule has 0 bridgehead atoms. The molecule has 76 valence electrons. The molecular weight excluding hydrogens is 249 g/mol. The van der Waals surface area contributed by atoms with Crippen molar-refractivity contribution in [1.82, 2.24) is 4.98 Å². The number of rotatable bonds is 3. The van der Waals surface area contributed by atoms with Crippen LogP contribution < -0.4 is 74.6 Å². The van der Waals surface area contributed by atoms with E-state index >= 15 is 0 Å². The van der Waals surface area contributed by atoms with E-state index in [9.17, 15) is 14.4 Å². The van der Waals surface area contributed by atoms with Crippen LogP contribution in [0.15, 0.2) is 36.3 Å². The molecule has 0 radical (unpaired) electrons. The Morgan fingerprint density at radius 1 is 1.44 bits per heavy atom. The van der Waals surface area contributed by atoms with Gasteiger partial charge in [-0.25, -0.2) is 0 Å². The third kappa shape index (κ3) is 5.56. The van der Waals surface area contributed by atoms with E-state index < -0.39 is 19.0 Å². The van der Waals surface area contributed by atoms with E-state index in [4.69, 9.17) is 5.73 Å². The molecule has 0 saturated heterocycles. The zero-order valence-electron chi connectivity index (χ0n) is 9.29. The van der Waals surface area contributed by atoms with Crippen LogP contribution in [0.1, 0.15) is 11.7 Å². The Kier molecular flexibility index (Phi) is 9.87. The van der Waals surface area contributed by atoms with Crippen molar-refractivity contribution in [3.8, 4) is 0 Å². The predicted octanol–water partition coefficient (Wildman–Crippen LogP) is -6.48. The minimum atomic E-state index is -4.84. The van der Waals surface area contributed by atoms with Crippen molar-refractivity contribution in [2.75, 3.05) is 0 Å². The first kappa shape index (κ1) is 19.3. The van der Waals surface area contributed by atoms with Gasteiger partial charge in [-0.3, -0.25) is 4.98 Å². The fourth-order valence-electron chi connectivity index (χ4n) is 0.901. The van der Waals surface area contributed by atoms with Crippen molar-refractivity contribution in [2.45, 2.75) is 6.04 Å². The van der Waals surface area contributed by atoms with E-state index in [-0.39, 0.29) is 59.1 Å². The summed E-state index contributed by atoms with van der Waals surface area (Å²) >= 11 is 0. The Morgan fingerprint density at radius 2 is 2.00 bits per heavy atom. The van der Waals surface area contributed by atoms with Crippen LogP contribution in [0.5, 0.6) is 0 Å². The van der Waals surface area contributed by atoms with E-state index in [1.54, 1.807) is 12.1 Å². The van der Waals surface area contributed by atoms with Gasteiger partial charge in [0.1, 0.15) is 0 Å². The van der Waals surface area contributed by atoms with Gasteiger partial charge in [-0.15, -0.1) is 0 Å². The second-order valence-corrected chi connectivity index (χ2v) is 4.29. The SMILES string of the molecule is C=C(C(N)c1ccccn1)P(=O)([O-])[O-].[Na+].[Na+]. The van der Waals surface area contributed by atoms with Crippen LogP contribution in [0.2, 0.25) is 0 Å². The average molecular weight is 258 g/mol. The molecule has 1 atom stereocenters. The molecule has 8 heteroatoms. The first-order valence-corrected chi connectivity index (χ1v) is 5.35. The summed E-state index contributed by atoms with van der Waals surface area (Å²) in [6, 6.07) is 3.78. The van der Waals surface area contributed by atoms with Crippen LogP contribution in [0.4, 0.5) is 0 Å². The van der Waals surface area contributed by atoms with Crippen molar-refractivity contribution >= 4 is 7.60 Å². The minimum absolute atomic E-state index is 0. The van der Waals surface area contributed by atoms with Crippen LogP contribution in [0, 0.1) is 0 Å². The van der Waals surface area contributed by atoms with Gasteiger partial charge in [0, 0.05) is 6.20 Å². The standard InChI is InChI=1S/C8H11N2O3P.2Na/c1-6(14(11,12)13)8(9)7-4-2-3-5-10-7;;/h2-5,8H,1,9H2,(H2,11,12,13);;/q;2*+1/p-2. The van der Waals surface area contributed by atoms with E-state index in [0.717, 1.165) is 0 Å². The Bertz CT molecular complexity index is 382. The summed E-state index contributed by atoms with van der Waals surface area (Å²) in [6.07, 6.45) is 1.46. The van der Waals surface area contributed by atoms with Gasteiger partial charge in [0.05, 0.1) is 11.7 Å². The average Bonchev–Trinajstić information content (AvgIpc) is 2.15. The first-order valence-electron chi connectivity index (χ1n) is 3.81. The Hall–Kier alpha value is 1.000. The monoisotopic (exact) mass is 258 g/mol. The number of nitrogens with two attached hydrogens (primary N) is 1. The quantitative estimate of drug-likeness (QED) is 0.429. The van der Waals surface area contributed by atoms with E-state index in [0.29, 0.717) is 5.69 Å². The molecule has 1 aromatic rings. The molecule has 16 heavy (non-hydrogen) atoms. The molecule has 0 amide bonds. The van der Waals surface area contributed by atoms with Gasteiger partial charge in [-0.05, 0) is 25.0 Å². The van der Waals surface area contributed by atoms with Gasteiger partial charge in [-0.2, -0.15) is 0 Å². The molecule has 0 saturated carbocycles. The molecule has 1 aromatic heterocycles. The van der Waals surface area contributed by atoms with Gasteiger partial charge in [0.2, 0.25) is 0 Å². The van der Waals surface area contributed by atoms with E-state index in [2.05, 4.69) is 11.6 Å². The van der Waals surface area contributed by atoms with Gasteiger partial charge in [0.15, 0.2) is 0 Å². The third-order valence-electron chi connectivity index (χ3n) is 1.72. The van der Waals surface area contributed by atoms with Gasteiger partial charge in [0.25, 0.3) is 0 Å². The van der Waals surface area contributed by atoms with E-state index in [1.807, 2.05) is 0 Å². The van der Waals surface area contributed by atoms with Crippen LogP contribution in [0.3, 0.4) is 0 Å². The molecule has 1 unspecified atom stereocenters.